The highest BCUT2D eigenvalue weighted by atomic mass is 16.6. The van der Waals surface area contributed by atoms with E-state index in [2.05, 4.69) is 20.0 Å². The summed E-state index contributed by atoms with van der Waals surface area (Å²) >= 11 is 0. The van der Waals surface area contributed by atoms with Crippen molar-refractivity contribution < 1.29 is 47.7 Å². The predicted molar refractivity (Wildman–Crippen MR) is 281 cm³/mol. The van der Waals surface area contributed by atoms with Crippen LogP contribution in [0.3, 0.4) is 0 Å². The van der Waals surface area contributed by atoms with Gasteiger partial charge in [0.25, 0.3) is 11.8 Å². The van der Waals surface area contributed by atoms with E-state index in [-0.39, 0.29) is 59.1 Å². The monoisotopic (exact) mass is 1020 g/mol. The molecule has 2 aromatic heterocycles. The van der Waals surface area contributed by atoms with E-state index in [0.717, 1.165) is 51.4 Å². The maximum Gasteiger partial charge on any atom is 0.435 e. The molecule has 2 aromatic carbocycles. The number of amides is 2. The Morgan fingerprint density at radius 2 is 0.743 bits per heavy atom. The van der Waals surface area contributed by atoms with Crippen molar-refractivity contribution in [3.8, 4) is 0 Å². The first kappa shape index (κ1) is 55.9. The van der Waals surface area contributed by atoms with E-state index in [9.17, 15) is 28.8 Å². The largest absolute Gasteiger partial charge is 0.460 e. The van der Waals surface area contributed by atoms with Crippen molar-refractivity contribution in [2.75, 3.05) is 52.4 Å². The third-order valence-electron chi connectivity index (χ3n) is 13.7. The Hall–Kier alpha value is -5.88. The van der Waals surface area contributed by atoms with Gasteiger partial charge in [0.2, 0.25) is 0 Å². The molecule has 0 N–H and O–H groups in total. The minimum absolute atomic E-state index is 0.116. The van der Waals surface area contributed by atoms with Crippen LogP contribution in [-0.4, -0.2) is 162 Å². The summed E-state index contributed by atoms with van der Waals surface area (Å²) in [6.07, 6.45) is 6.63. The molecule has 2 saturated carbocycles. The van der Waals surface area contributed by atoms with E-state index in [1.807, 2.05) is 65.8 Å². The molecule has 4 atom stereocenters. The van der Waals surface area contributed by atoms with E-state index in [1.165, 1.54) is 9.36 Å². The molecule has 18 heteroatoms. The first-order valence-corrected chi connectivity index (χ1v) is 26.6. The normalized spacial score (nSPS) is 21.6. The average Bonchev–Trinajstić information content (AvgIpc) is 3.92. The molecular formula is C56H80N8O10. The lowest BCUT2D eigenvalue weighted by atomic mass is 9.83. The van der Waals surface area contributed by atoms with E-state index >= 15 is 0 Å². The van der Waals surface area contributed by atoms with Crippen molar-refractivity contribution >= 4 is 57.7 Å². The van der Waals surface area contributed by atoms with Gasteiger partial charge in [-0.2, -0.15) is 19.6 Å². The summed E-state index contributed by atoms with van der Waals surface area (Å²) in [7, 11) is 0. The van der Waals surface area contributed by atoms with Crippen molar-refractivity contribution in [2.24, 2.45) is 11.8 Å². The maximum atomic E-state index is 13.6. The van der Waals surface area contributed by atoms with Gasteiger partial charge >= 0.3 is 24.1 Å². The zero-order valence-corrected chi connectivity index (χ0v) is 45.9. The Balaban J connectivity index is 0.000000216. The SMILES string of the molecule is CC(C)(C)OC(=O)[C@@H]1CCCC[C@H]1N1CCN(C(=O)c2nn(C(=O)OC(C)(C)C)c3ccccc23)CC1.CC(C)(C)OC(=O)[C@H]1CCCC[C@@H]1N1CCN(C(=O)c2nn(C(=O)OC(C)(C)C)c3ccccc23)CC1. The molecular weight excluding hydrogens is 945 g/mol. The molecule has 2 amide bonds. The van der Waals surface area contributed by atoms with E-state index in [0.29, 0.717) is 74.2 Å². The van der Waals surface area contributed by atoms with Crippen LogP contribution in [0.4, 0.5) is 9.59 Å². The first-order valence-electron chi connectivity index (χ1n) is 26.6. The Morgan fingerprint density at radius 3 is 1.07 bits per heavy atom. The molecule has 74 heavy (non-hydrogen) atoms. The van der Waals surface area contributed by atoms with Crippen molar-refractivity contribution in [3.63, 3.8) is 0 Å². The molecule has 4 aliphatic rings. The summed E-state index contributed by atoms with van der Waals surface area (Å²) < 4.78 is 24.8. The Kier molecular flexibility index (Phi) is 17.0. The number of ether oxygens (including phenoxy) is 4. The number of aromatic nitrogens is 4. The number of para-hydroxylation sites is 2. The van der Waals surface area contributed by atoms with Crippen LogP contribution in [0.25, 0.3) is 21.8 Å². The fraction of sp³-hybridized carbons (Fsp3) is 0.643. The van der Waals surface area contributed by atoms with Crippen LogP contribution < -0.4 is 0 Å². The number of nitrogens with zero attached hydrogens (tertiary/aromatic N) is 8. The number of benzene rings is 2. The fourth-order valence-electron chi connectivity index (χ4n) is 10.6. The minimum atomic E-state index is -0.680. The first-order chi connectivity index (χ1) is 34.7. The van der Waals surface area contributed by atoms with Crippen molar-refractivity contribution in [3.05, 3.63) is 59.9 Å². The van der Waals surface area contributed by atoms with Crippen molar-refractivity contribution in [1.29, 1.82) is 0 Å². The number of piperazine rings is 2. The highest BCUT2D eigenvalue weighted by molar-refractivity contribution is 6.07. The molecule has 0 radical (unpaired) electrons. The summed E-state index contributed by atoms with van der Waals surface area (Å²) in [5, 5.41) is 10.1. The number of esters is 2. The second-order valence-corrected chi connectivity index (χ2v) is 24.2. The zero-order chi connectivity index (χ0) is 53.9. The summed E-state index contributed by atoms with van der Waals surface area (Å²) in [6.45, 7) is 27.0. The van der Waals surface area contributed by atoms with Crippen LogP contribution >= 0.6 is 0 Å². The van der Waals surface area contributed by atoms with E-state index in [1.54, 1.807) is 75.6 Å². The van der Waals surface area contributed by atoms with Gasteiger partial charge in [-0.1, -0.05) is 62.1 Å². The molecule has 2 aliphatic carbocycles. The number of fused-ring (bicyclic) bond motifs is 2. The molecule has 404 valence electrons. The molecule has 0 unspecified atom stereocenters. The molecule has 0 bridgehead atoms. The van der Waals surface area contributed by atoms with Gasteiger partial charge in [-0.25, -0.2) is 9.59 Å². The van der Waals surface area contributed by atoms with Crippen molar-refractivity contribution in [2.45, 2.75) is 169 Å². The minimum Gasteiger partial charge on any atom is -0.460 e. The third-order valence-corrected chi connectivity index (χ3v) is 13.7. The molecule has 18 nitrogen and oxygen atoms in total. The summed E-state index contributed by atoms with van der Waals surface area (Å²) in [6, 6.07) is 14.7. The van der Waals surface area contributed by atoms with Gasteiger partial charge in [-0.3, -0.25) is 29.0 Å². The quantitative estimate of drug-likeness (QED) is 0.132. The predicted octanol–water partition coefficient (Wildman–Crippen LogP) is 8.96. The number of carbonyl (C=O) groups excluding carboxylic acids is 6. The Morgan fingerprint density at radius 1 is 0.432 bits per heavy atom. The third kappa shape index (κ3) is 13.9. The van der Waals surface area contributed by atoms with Gasteiger partial charge in [0.1, 0.15) is 22.4 Å². The summed E-state index contributed by atoms with van der Waals surface area (Å²) in [4.78, 5) is 86.8. The highest BCUT2D eigenvalue weighted by Crippen LogP contribution is 2.34. The lowest BCUT2D eigenvalue weighted by Gasteiger charge is -2.43. The lowest BCUT2D eigenvalue weighted by Crippen LogP contribution is -2.55. The van der Waals surface area contributed by atoms with Crippen LogP contribution in [0.15, 0.2) is 48.5 Å². The molecule has 2 saturated heterocycles. The van der Waals surface area contributed by atoms with Gasteiger partial charge in [0.15, 0.2) is 11.4 Å². The maximum absolute atomic E-state index is 13.6. The number of rotatable bonds is 6. The molecule has 4 heterocycles. The Bertz CT molecular complexity index is 2490. The van der Waals surface area contributed by atoms with Crippen LogP contribution in [0.1, 0.15) is 155 Å². The average molecular weight is 1030 g/mol. The summed E-state index contributed by atoms with van der Waals surface area (Å²) in [5.41, 5.74) is -0.784. The van der Waals surface area contributed by atoms with Crippen LogP contribution in [0.2, 0.25) is 0 Å². The number of hydrogen-bond acceptors (Lipinski definition) is 14. The van der Waals surface area contributed by atoms with E-state index in [4.69, 9.17) is 18.9 Å². The molecule has 0 spiro atoms. The van der Waals surface area contributed by atoms with Gasteiger partial charge in [-0.15, -0.1) is 0 Å². The fourth-order valence-corrected chi connectivity index (χ4v) is 10.6. The molecule has 4 aromatic rings. The topological polar surface area (TPSA) is 188 Å². The Labute approximate surface area is 436 Å². The number of hydrogen-bond donors (Lipinski definition) is 0. The van der Waals surface area contributed by atoms with Crippen molar-refractivity contribution in [1.82, 2.24) is 39.2 Å². The molecule has 8 rings (SSSR count). The molecule has 2 aliphatic heterocycles. The van der Waals surface area contributed by atoms with E-state index < -0.39 is 34.6 Å². The smallest absolute Gasteiger partial charge is 0.435 e. The van der Waals surface area contributed by atoms with Crippen LogP contribution in [0, 0.1) is 11.8 Å². The lowest BCUT2D eigenvalue weighted by molar-refractivity contribution is -0.165. The summed E-state index contributed by atoms with van der Waals surface area (Å²) in [5.74, 6) is -0.909. The second-order valence-electron chi connectivity index (χ2n) is 24.2. The van der Waals surface area contributed by atoms with Gasteiger partial charge < -0.3 is 28.7 Å². The van der Waals surface area contributed by atoms with Crippen LogP contribution in [-0.2, 0) is 28.5 Å². The zero-order valence-electron chi connectivity index (χ0n) is 45.9. The van der Waals surface area contributed by atoms with Gasteiger partial charge in [-0.05, 0) is 121 Å². The van der Waals surface area contributed by atoms with Gasteiger partial charge in [0, 0.05) is 75.2 Å². The van der Waals surface area contributed by atoms with Gasteiger partial charge in [0.05, 0.1) is 22.9 Å². The highest BCUT2D eigenvalue weighted by Gasteiger charge is 2.41. The van der Waals surface area contributed by atoms with Crippen LogP contribution in [0.5, 0.6) is 0 Å². The standard InChI is InChI=1S/2C28H40N4O5/c2*1-27(2,3)36-25(34)20-12-8-9-13-21(20)30-15-17-31(18-16-30)24(33)23-19-11-7-10-14-22(19)32(29-23)26(35)37-28(4,5)6/h2*7,10-11,14,20-21H,8-9,12-13,15-18H2,1-6H3/t2*20-,21-/m10/s1. The molecule has 4 fully saturated rings. The number of carbonyl (C=O) groups is 6. The second kappa shape index (κ2) is 22.5.